The second-order valence-electron chi connectivity index (χ2n) is 6.03. The lowest BCUT2D eigenvalue weighted by molar-refractivity contribution is -0.139. The lowest BCUT2D eigenvalue weighted by Crippen LogP contribution is -2.45. The van der Waals surface area contributed by atoms with Crippen LogP contribution in [0.3, 0.4) is 0 Å². The summed E-state index contributed by atoms with van der Waals surface area (Å²) in [4.78, 5) is 24.5. The molecule has 2 aromatic carbocycles. The summed E-state index contributed by atoms with van der Waals surface area (Å²) in [6.07, 6.45) is 0.614. The van der Waals surface area contributed by atoms with Gasteiger partial charge in [-0.25, -0.2) is 9.59 Å². The van der Waals surface area contributed by atoms with E-state index in [0.29, 0.717) is 23.3 Å². The summed E-state index contributed by atoms with van der Waals surface area (Å²) in [5, 5.41) is 14.8. The first-order chi connectivity index (χ1) is 12.5. The van der Waals surface area contributed by atoms with Gasteiger partial charge < -0.3 is 20.5 Å². The first-order valence-corrected chi connectivity index (χ1v) is 8.33. The smallest absolute Gasteiger partial charge is 0.338 e. The van der Waals surface area contributed by atoms with Crippen molar-refractivity contribution in [1.29, 1.82) is 0 Å². The number of ether oxygens (including phenoxy) is 1. The molecule has 3 N–H and O–H groups in total. The van der Waals surface area contributed by atoms with Crippen molar-refractivity contribution < 1.29 is 19.4 Å². The summed E-state index contributed by atoms with van der Waals surface area (Å²) in [5.41, 5.74) is 2.57. The molecule has 1 unspecified atom stereocenters. The zero-order chi connectivity index (χ0) is 18.5. The van der Waals surface area contributed by atoms with Gasteiger partial charge in [-0.3, -0.25) is 0 Å². The zero-order valence-electron chi connectivity index (χ0n) is 14.4. The van der Waals surface area contributed by atoms with E-state index in [1.54, 1.807) is 19.1 Å². The minimum atomic E-state index is -0.631. The Balaban J connectivity index is 1.75. The molecule has 0 aliphatic carbocycles. The fourth-order valence-corrected chi connectivity index (χ4v) is 2.87. The van der Waals surface area contributed by atoms with E-state index in [2.05, 4.69) is 10.6 Å². The number of esters is 1. The molecule has 1 aliphatic heterocycles. The third kappa shape index (κ3) is 4.03. The van der Waals surface area contributed by atoms with Gasteiger partial charge in [0.05, 0.1) is 18.2 Å². The molecule has 0 radical (unpaired) electrons. The van der Waals surface area contributed by atoms with E-state index < -0.39 is 12.0 Å². The molecular formula is C20H20N2O4. The fourth-order valence-electron chi connectivity index (χ4n) is 2.87. The molecule has 1 heterocycles. The molecule has 6 nitrogen and oxygen atoms in total. The third-order valence-corrected chi connectivity index (χ3v) is 4.18. The Kier molecular flexibility index (Phi) is 5.22. The molecule has 0 fully saturated rings. The minimum absolute atomic E-state index is 0.113. The minimum Gasteiger partial charge on any atom is -0.508 e. The topological polar surface area (TPSA) is 87.7 Å². The van der Waals surface area contributed by atoms with E-state index in [-0.39, 0.29) is 18.4 Å². The Morgan fingerprint density at radius 1 is 1.12 bits per heavy atom. The molecule has 0 bridgehead atoms. The lowest BCUT2D eigenvalue weighted by atomic mass is 9.95. The SMILES string of the molecule is CC1=C(C(=O)OCCc2ccccc2)C(c2ccc(O)cc2)NC(=O)N1. The number of aromatic hydroxyl groups is 1. The molecule has 2 amide bonds. The van der Waals surface area contributed by atoms with E-state index in [0.717, 1.165) is 5.56 Å². The molecule has 0 saturated carbocycles. The van der Waals surface area contributed by atoms with E-state index in [4.69, 9.17) is 4.74 Å². The lowest BCUT2D eigenvalue weighted by Gasteiger charge is -2.28. The van der Waals surface area contributed by atoms with Crippen LogP contribution in [0.4, 0.5) is 4.79 Å². The Labute approximate surface area is 151 Å². The number of phenolic OH excluding ortho intramolecular Hbond substituents is 1. The van der Waals surface area contributed by atoms with Crippen molar-refractivity contribution in [3.05, 3.63) is 77.0 Å². The molecule has 6 heteroatoms. The van der Waals surface area contributed by atoms with E-state index in [1.807, 2.05) is 30.3 Å². The number of nitrogens with one attached hydrogen (secondary N) is 2. The summed E-state index contributed by atoms with van der Waals surface area (Å²) in [5.74, 6) is -0.370. The van der Waals surface area contributed by atoms with Gasteiger partial charge in [0.1, 0.15) is 5.75 Å². The highest BCUT2D eigenvalue weighted by Gasteiger charge is 2.32. The molecular weight excluding hydrogens is 332 g/mol. The van der Waals surface area contributed by atoms with Crippen LogP contribution in [-0.4, -0.2) is 23.7 Å². The highest BCUT2D eigenvalue weighted by Crippen LogP contribution is 2.28. The van der Waals surface area contributed by atoms with Gasteiger partial charge in [-0.2, -0.15) is 0 Å². The number of urea groups is 1. The molecule has 0 saturated heterocycles. The second-order valence-corrected chi connectivity index (χ2v) is 6.03. The van der Waals surface area contributed by atoms with Crippen LogP contribution in [0.5, 0.6) is 5.75 Å². The van der Waals surface area contributed by atoms with Crippen molar-refractivity contribution >= 4 is 12.0 Å². The highest BCUT2D eigenvalue weighted by atomic mass is 16.5. The zero-order valence-corrected chi connectivity index (χ0v) is 14.4. The van der Waals surface area contributed by atoms with E-state index >= 15 is 0 Å². The molecule has 3 rings (SSSR count). The molecule has 1 atom stereocenters. The Morgan fingerprint density at radius 2 is 1.81 bits per heavy atom. The van der Waals surface area contributed by atoms with Crippen molar-refractivity contribution in [1.82, 2.24) is 10.6 Å². The summed E-state index contributed by atoms with van der Waals surface area (Å²) < 4.78 is 5.43. The average Bonchev–Trinajstić information content (AvgIpc) is 2.62. The number of hydrogen-bond donors (Lipinski definition) is 3. The number of phenols is 1. The first kappa shape index (κ1) is 17.5. The number of carbonyl (C=O) groups is 2. The number of hydrogen-bond acceptors (Lipinski definition) is 4. The van der Waals surface area contributed by atoms with Gasteiger partial charge in [0.15, 0.2) is 0 Å². The van der Waals surface area contributed by atoms with Gasteiger partial charge in [0.2, 0.25) is 0 Å². The maximum absolute atomic E-state index is 12.6. The van der Waals surface area contributed by atoms with Gasteiger partial charge in [-0.15, -0.1) is 0 Å². The van der Waals surface area contributed by atoms with Crippen LogP contribution in [0.1, 0.15) is 24.1 Å². The van der Waals surface area contributed by atoms with Crippen molar-refractivity contribution in [3.8, 4) is 5.75 Å². The van der Waals surface area contributed by atoms with Gasteiger partial charge in [0, 0.05) is 12.1 Å². The molecule has 0 spiro atoms. The maximum atomic E-state index is 12.6. The summed E-state index contributed by atoms with van der Waals surface area (Å²) in [6, 6.07) is 15.1. The molecule has 1 aliphatic rings. The van der Waals surface area contributed by atoms with Crippen LogP contribution in [0.25, 0.3) is 0 Å². The number of allylic oxidation sites excluding steroid dienone is 1. The molecule has 2 aromatic rings. The average molecular weight is 352 g/mol. The van der Waals surface area contributed by atoms with Crippen molar-refractivity contribution in [2.45, 2.75) is 19.4 Å². The Hall–Kier alpha value is -3.28. The summed E-state index contributed by atoms with van der Waals surface area (Å²) in [7, 11) is 0. The standard InChI is InChI=1S/C20H20N2O4/c1-13-17(19(24)26-12-11-14-5-3-2-4-6-14)18(22-20(25)21-13)15-7-9-16(23)10-8-15/h2-10,18,23H,11-12H2,1H3,(H2,21,22,25). The monoisotopic (exact) mass is 352 g/mol. The predicted octanol–water partition coefficient (Wildman–Crippen LogP) is 2.81. The van der Waals surface area contributed by atoms with Crippen LogP contribution in [0.15, 0.2) is 65.9 Å². The second kappa shape index (κ2) is 7.74. The van der Waals surface area contributed by atoms with Crippen molar-refractivity contribution in [2.24, 2.45) is 0 Å². The quantitative estimate of drug-likeness (QED) is 0.722. The van der Waals surface area contributed by atoms with Crippen molar-refractivity contribution in [3.63, 3.8) is 0 Å². The number of carbonyl (C=O) groups excluding carboxylic acids is 2. The van der Waals surface area contributed by atoms with Gasteiger partial charge >= 0.3 is 12.0 Å². The first-order valence-electron chi connectivity index (χ1n) is 8.33. The molecule has 134 valence electrons. The van der Waals surface area contributed by atoms with Crippen LogP contribution in [0, 0.1) is 0 Å². The van der Waals surface area contributed by atoms with E-state index in [1.165, 1.54) is 12.1 Å². The number of rotatable bonds is 5. The number of benzene rings is 2. The van der Waals surface area contributed by atoms with Gasteiger partial charge in [-0.05, 0) is 30.2 Å². The van der Waals surface area contributed by atoms with Crippen LogP contribution < -0.4 is 10.6 Å². The summed E-state index contributed by atoms with van der Waals surface area (Å²) >= 11 is 0. The van der Waals surface area contributed by atoms with Crippen LogP contribution in [-0.2, 0) is 16.0 Å². The van der Waals surface area contributed by atoms with Gasteiger partial charge in [-0.1, -0.05) is 42.5 Å². The van der Waals surface area contributed by atoms with Crippen molar-refractivity contribution in [2.75, 3.05) is 6.61 Å². The normalized spacial score (nSPS) is 16.7. The van der Waals surface area contributed by atoms with E-state index in [9.17, 15) is 14.7 Å². The van der Waals surface area contributed by atoms with Crippen LogP contribution in [0.2, 0.25) is 0 Å². The molecule has 26 heavy (non-hydrogen) atoms. The van der Waals surface area contributed by atoms with Gasteiger partial charge in [0.25, 0.3) is 0 Å². The third-order valence-electron chi connectivity index (χ3n) is 4.18. The number of amides is 2. The Bertz CT molecular complexity index is 829. The Morgan fingerprint density at radius 3 is 2.50 bits per heavy atom. The fraction of sp³-hybridized carbons (Fsp3) is 0.200. The molecule has 0 aromatic heterocycles. The van der Waals surface area contributed by atoms with Crippen LogP contribution >= 0.6 is 0 Å². The maximum Gasteiger partial charge on any atom is 0.338 e. The highest BCUT2D eigenvalue weighted by molar-refractivity contribution is 5.95. The summed E-state index contributed by atoms with van der Waals surface area (Å²) in [6.45, 7) is 1.91. The largest absolute Gasteiger partial charge is 0.508 e. The predicted molar refractivity (Wildman–Crippen MR) is 96.3 cm³/mol.